The SMILES string of the molecule is NS(=O)(=O)c1occc1-c1ccon1. The molecule has 0 radical (unpaired) electrons. The summed E-state index contributed by atoms with van der Waals surface area (Å²) in [5.74, 6) is 0. The summed E-state index contributed by atoms with van der Waals surface area (Å²) >= 11 is 0. The number of hydrogen-bond donors (Lipinski definition) is 1. The standard InChI is InChI=1S/C7H6N2O4S/c8-14(10,11)7-5(1-3-12-7)6-2-4-13-9-6/h1-4H,(H2,8,10,11). The number of aromatic nitrogens is 1. The van der Waals surface area contributed by atoms with Gasteiger partial charge in [-0.3, -0.25) is 0 Å². The topological polar surface area (TPSA) is 99.3 Å². The predicted octanol–water partition coefficient (Wildman–Crippen LogP) is 0.582. The summed E-state index contributed by atoms with van der Waals surface area (Å²) in [5.41, 5.74) is 0.657. The van der Waals surface area contributed by atoms with Crippen LogP contribution in [-0.4, -0.2) is 13.6 Å². The molecule has 6 nitrogen and oxygen atoms in total. The van der Waals surface area contributed by atoms with E-state index in [4.69, 9.17) is 9.56 Å². The first kappa shape index (κ1) is 8.97. The molecule has 0 aliphatic heterocycles. The molecule has 0 unspecified atom stereocenters. The van der Waals surface area contributed by atoms with Crippen molar-refractivity contribution in [2.75, 3.05) is 0 Å². The molecule has 0 bridgehead atoms. The number of hydrogen-bond acceptors (Lipinski definition) is 5. The van der Waals surface area contributed by atoms with Gasteiger partial charge in [0, 0.05) is 6.07 Å². The highest BCUT2D eigenvalue weighted by molar-refractivity contribution is 7.89. The van der Waals surface area contributed by atoms with Gasteiger partial charge in [0.25, 0.3) is 10.0 Å². The monoisotopic (exact) mass is 214 g/mol. The van der Waals surface area contributed by atoms with Gasteiger partial charge in [-0.05, 0) is 6.07 Å². The molecule has 74 valence electrons. The highest BCUT2D eigenvalue weighted by atomic mass is 32.2. The van der Waals surface area contributed by atoms with Crippen LogP contribution in [0, 0.1) is 0 Å². The van der Waals surface area contributed by atoms with E-state index in [1.807, 2.05) is 0 Å². The molecule has 2 rings (SSSR count). The van der Waals surface area contributed by atoms with E-state index in [0.717, 1.165) is 0 Å². The maximum Gasteiger partial charge on any atom is 0.272 e. The summed E-state index contributed by atoms with van der Waals surface area (Å²) in [6, 6.07) is 2.97. The molecule has 0 spiro atoms. The Bertz CT molecular complexity index is 526. The average Bonchev–Trinajstić information content (AvgIpc) is 2.73. The van der Waals surface area contributed by atoms with Gasteiger partial charge in [-0.15, -0.1) is 0 Å². The molecule has 0 saturated carbocycles. The zero-order valence-corrected chi connectivity index (χ0v) is 7.69. The number of furan rings is 1. The van der Waals surface area contributed by atoms with E-state index < -0.39 is 10.0 Å². The maximum absolute atomic E-state index is 11.0. The van der Waals surface area contributed by atoms with Crippen molar-refractivity contribution in [3.8, 4) is 11.3 Å². The van der Waals surface area contributed by atoms with Crippen molar-refractivity contribution < 1.29 is 17.4 Å². The van der Waals surface area contributed by atoms with Crippen LogP contribution in [0.2, 0.25) is 0 Å². The molecule has 2 heterocycles. The van der Waals surface area contributed by atoms with Crippen LogP contribution in [0.4, 0.5) is 0 Å². The second-order valence-electron chi connectivity index (χ2n) is 2.55. The molecule has 2 aromatic rings. The van der Waals surface area contributed by atoms with Crippen LogP contribution in [0.5, 0.6) is 0 Å². The fourth-order valence-electron chi connectivity index (χ4n) is 1.06. The van der Waals surface area contributed by atoms with Gasteiger partial charge >= 0.3 is 0 Å². The third-order valence-electron chi connectivity index (χ3n) is 1.60. The molecule has 0 aliphatic rings. The van der Waals surface area contributed by atoms with Gasteiger partial charge in [-0.25, -0.2) is 13.6 Å². The Balaban J connectivity index is 2.62. The molecule has 2 aromatic heterocycles. The van der Waals surface area contributed by atoms with Crippen LogP contribution in [0.3, 0.4) is 0 Å². The Morgan fingerprint density at radius 1 is 1.29 bits per heavy atom. The molecule has 14 heavy (non-hydrogen) atoms. The number of rotatable bonds is 2. The minimum atomic E-state index is -3.86. The van der Waals surface area contributed by atoms with Gasteiger partial charge in [0.05, 0.1) is 11.8 Å². The molecule has 0 amide bonds. The van der Waals surface area contributed by atoms with Gasteiger partial charge in [0.1, 0.15) is 12.0 Å². The average molecular weight is 214 g/mol. The Labute approximate surface area is 79.3 Å². The molecule has 0 atom stereocenters. The predicted molar refractivity (Wildman–Crippen MR) is 45.6 cm³/mol. The van der Waals surface area contributed by atoms with Crippen LogP contribution in [-0.2, 0) is 10.0 Å². The normalized spacial score (nSPS) is 11.8. The van der Waals surface area contributed by atoms with Gasteiger partial charge in [0.15, 0.2) is 0 Å². The molecular weight excluding hydrogens is 208 g/mol. The molecule has 7 heteroatoms. The van der Waals surface area contributed by atoms with Crippen LogP contribution >= 0.6 is 0 Å². The fourth-order valence-corrected chi connectivity index (χ4v) is 1.73. The summed E-state index contributed by atoms with van der Waals surface area (Å²) in [5, 5.41) is 8.19. The second kappa shape index (κ2) is 2.96. The van der Waals surface area contributed by atoms with E-state index >= 15 is 0 Å². The van der Waals surface area contributed by atoms with E-state index in [0.29, 0.717) is 11.3 Å². The Kier molecular flexibility index (Phi) is 1.90. The first-order valence-corrected chi connectivity index (χ1v) is 5.15. The zero-order valence-electron chi connectivity index (χ0n) is 6.88. The molecular formula is C7H6N2O4S. The number of sulfonamides is 1. The number of nitrogens with zero attached hydrogens (tertiary/aromatic N) is 1. The highest BCUT2D eigenvalue weighted by Crippen LogP contribution is 2.25. The van der Waals surface area contributed by atoms with Crippen LogP contribution < -0.4 is 5.14 Å². The molecule has 0 aliphatic carbocycles. The number of primary sulfonamides is 1. The minimum Gasteiger partial charge on any atom is -0.451 e. The van der Waals surface area contributed by atoms with Crippen molar-refractivity contribution in [2.45, 2.75) is 5.09 Å². The summed E-state index contributed by atoms with van der Waals surface area (Å²) in [6.07, 6.45) is 2.55. The highest BCUT2D eigenvalue weighted by Gasteiger charge is 2.20. The molecule has 0 saturated heterocycles. The Hall–Kier alpha value is -1.60. The third kappa shape index (κ3) is 1.42. The summed E-state index contributed by atoms with van der Waals surface area (Å²) in [7, 11) is -3.86. The lowest BCUT2D eigenvalue weighted by molar-refractivity contribution is 0.420. The van der Waals surface area contributed by atoms with Crippen molar-refractivity contribution in [1.29, 1.82) is 0 Å². The lowest BCUT2D eigenvalue weighted by Crippen LogP contribution is -2.12. The zero-order chi connectivity index (χ0) is 10.2. The molecule has 2 N–H and O–H groups in total. The lowest BCUT2D eigenvalue weighted by Gasteiger charge is -1.94. The summed E-state index contributed by atoms with van der Waals surface area (Å²) in [4.78, 5) is 0. The van der Waals surface area contributed by atoms with Crippen molar-refractivity contribution >= 4 is 10.0 Å². The smallest absolute Gasteiger partial charge is 0.272 e. The largest absolute Gasteiger partial charge is 0.451 e. The van der Waals surface area contributed by atoms with Crippen LogP contribution in [0.25, 0.3) is 11.3 Å². The van der Waals surface area contributed by atoms with Crippen molar-refractivity contribution in [3.05, 3.63) is 24.7 Å². The number of nitrogens with two attached hydrogens (primary N) is 1. The Morgan fingerprint density at radius 3 is 2.64 bits per heavy atom. The third-order valence-corrected chi connectivity index (χ3v) is 2.43. The van der Waals surface area contributed by atoms with Crippen LogP contribution in [0.1, 0.15) is 0 Å². The second-order valence-corrected chi connectivity index (χ2v) is 4.01. The van der Waals surface area contributed by atoms with Gasteiger partial charge in [0.2, 0.25) is 5.09 Å². The minimum absolute atomic E-state index is 0.293. The van der Waals surface area contributed by atoms with Crippen molar-refractivity contribution in [1.82, 2.24) is 5.16 Å². The fraction of sp³-hybridized carbons (Fsp3) is 0. The lowest BCUT2D eigenvalue weighted by atomic mass is 10.2. The van der Waals surface area contributed by atoms with E-state index in [1.165, 1.54) is 24.7 Å². The van der Waals surface area contributed by atoms with E-state index in [2.05, 4.69) is 9.68 Å². The first-order valence-electron chi connectivity index (χ1n) is 3.60. The Morgan fingerprint density at radius 2 is 2.07 bits per heavy atom. The molecule has 0 aromatic carbocycles. The molecule has 0 fully saturated rings. The van der Waals surface area contributed by atoms with E-state index in [9.17, 15) is 8.42 Å². The van der Waals surface area contributed by atoms with E-state index in [-0.39, 0.29) is 5.09 Å². The summed E-state index contributed by atoms with van der Waals surface area (Å²) < 4.78 is 31.4. The van der Waals surface area contributed by atoms with E-state index in [1.54, 1.807) is 0 Å². The van der Waals surface area contributed by atoms with Gasteiger partial charge in [-0.2, -0.15) is 0 Å². The summed E-state index contributed by atoms with van der Waals surface area (Å²) in [6.45, 7) is 0. The van der Waals surface area contributed by atoms with Gasteiger partial charge in [-0.1, -0.05) is 5.16 Å². The first-order chi connectivity index (χ1) is 6.59. The van der Waals surface area contributed by atoms with Crippen molar-refractivity contribution in [3.63, 3.8) is 0 Å². The quantitative estimate of drug-likeness (QED) is 0.788. The van der Waals surface area contributed by atoms with Crippen molar-refractivity contribution in [2.24, 2.45) is 5.14 Å². The van der Waals surface area contributed by atoms with Crippen LogP contribution in [0.15, 0.2) is 38.7 Å². The van der Waals surface area contributed by atoms with Gasteiger partial charge < -0.3 is 8.94 Å². The maximum atomic E-state index is 11.0.